The highest BCUT2D eigenvalue weighted by molar-refractivity contribution is 6.61. The van der Waals surface area contributed by atoms with E-state index in [1.54, 1.807) is 10.9 Å². The molecule has 1 fully saturated rings. The molecule has 1 aliphatic rings. The molecule has 4 nitrogen and oxygen atoms in total. The normalized spacial score (nSPS) is 18.8. The van der Waals surface area contributed by atoms with E-state index in [2.05, 4.69) is 18.9 Å². The van der Waals surface area contributed by atoms with E-state index in [1.165, 1.54) is 6.42 Å². The van der Waals surface area contributed by atoms with Crippen LogP contribution in [0.1, 0.15) is 61.8 Å². The Balaban J connectivity index is 0.000000641. The molecule has 20 heavy (non-hydrogen) atoms. The van der Waals surface area contributed by atoms with Crippen molar-refractivity contribution >= 4 is 12.6 Å². The molecule has 0 radical (unpaired) electrons. The van der Waals surface area contributed by atoms with Crippen LogP contribution in [0.25, 0.3) is 0 Å². The first-order valence-corrected chi connectivity index (χ1v) is 7.57. The van der Waals surface area contributed by atoms with Gasteiger partial charge in [-0.25, -0.2) is 0 Å². The van der Waals surface area contributed by atoms with Crippen LogP contribution < -0.4 is 5.46 Å². The molecule has 0 saturated carbocycles. The second-order valence-electron chi connectivity index (χ2n) is 5.74. The van der Waals surface area contributed by atoms with Gasteiger partial charge < -0.3 is 9.31 Å². The maximum Gasteiger partial charge on any atom is 0.498 e. The fourth-order valence-corrected chi connectivity index (χ4v) is 1.54. The Morgan fingerprint density at radius 3 is 1.80 bits per heavy atom. The van der Waals surface area contributed by atoms with Crippen LogP contribution in [-0.4, -0.2) is 28.1 Å². The van der Waals surface area contributed by atoms with Crippen LogP contribution in [0.3, 0.4) is 0 Å². The molecule has 1 aromatic heterocycles. The third kappa shape index (κ3) is 4.63. The number of hydrogen-bond acceptors (Lipinski definition) is 3. The van der Waals surface area contributed by atoms with Crippen molar-refractivity contribution in [2.45, 2.75) is 73.0 Å². The van der Waals surface area contributed by atoms with Crippen molar-refractivity contribution in [2.24, 2.45) is 7.05 Å². The molecule has 116 valence electrons. The van der Waals surface area contributed by atoms with Crippen molar-refractivity contribution in [1.82, 2.24) is 9.78 Å². The van der Waals surface area contributed by atoms with Crippen molar-refractivity contribution in [3.8, 4) is 0 Å². The number of aryl methyl sites for hydroxylation is 1. The summed E-state index contributed by atoms with van der Waals surface area (Å²) in [6, 6.07) is 0. The van der Waals surface area contributed by atoms with Gasteiger partial charge in [-0.05, 0) is 27.7 Å². The lowest BCUT2D eigenvalue weighted by molar-refractivity contribution is 0.00578. The summed E-state index contributed by atoms with van der Waals surface area (Å²) in [5.41, 5.74) is 0.400. The average molecular weight is 282 g/mol. The van der Waals surface area contributed by atoms with Crippen molar-refractivity contribution in [3.63, 3.8) is 0 Å². The largest absolute Gasteiger partial charge is 0.498 e. The third-order valence-corrected chi connectivity index (χ3v) is 3.25. The van der Waals surface area contributed by atoms with Crippen molar-refractivity contribution in [1.29, 1.82) is 0 Å². The zero-order valence-corrected chi connectivity index (χ0v) is 14.7. The summed E-state index contributed by atoms with van der Waals surface area (Å²) in [6.45, 7) is 16.4. The minimum absolute atomic E-state index is 0.284. The second-order valence-corrected chi connectivity index (χ2v) is 5.74. The van der Waals surface area contributed by atoms with Crippen LogP contribution in [0.5, 0.6) is 0 Å². The molecule has 0 amide bonds. The Morgan fingerprint density at radius 2 is 1.50 bits per heavy atom. The molecule has 2 rings (SSSR count). The fraction of sp³-hybridized carbons (Fsp3) is 0.800. The molecule has 0 unspecified atom stereocenters. The van der Waals surface area contributed by atoms with Crippen LogP contribution >= 0.6 is 0 Å². The average Bonchev–Trinajstić information content (AvgIpc) is 2.85. The summed E-state index contributed by atoms with van der Waals surface area (Å²) in [4.78, 5) is 0. The Hall–Kier alpha value is -0.805. The van der Waals surface area contributed by atoms with E-state index in [1.807, 2.05) is 54.8 Å². The van der Waals surface area contributed by atoms with Gasteiger partial charge in [0.05, 0.1) is 11.2 Å². The smallest absolute Gasteiger partial charge is 0.399 e. The van der Waals surface area contributed by atoms with Crippen LogP contribution in [0.4, 0.5) is 0 Å². The Morgan fingerprint density at radius 1 is 1.10 bits per heavy atom. The third-order valence-electron chi connectivity index (χ3n) is 3.25. The first-order valence-electron chi connectivity index (χ1n) is 7.57. The van der Waals surface area contributed by atoms with Gasteiger partial charge in [-0.2, -0.15) is 5.10 Å². The van der Waals surface area contributed by atoms with Crippen LogP contribution in [0, 0.1) is 0 Å². The standard InChI is InChI=1S/C10H17BN2O2.C3H8.C2H6/c1-9(2)10(3,4)15-11(14-9)8-6-12-13(5)7-8;1-3-2;1-2/h6-7H,1-5H3;3H2,1-2H3;1-2H3. The lowest BCUT2D eigenvalue weighted by atomic mass is 9.82. The minimum atomic E-state index is -0.302. The van der Waals surface area contributed by atoms with E-state index in [4.69, 9.17) is 9.31 Å². The number of nitrogens with zero attached hydrogens (tertiary/aromatic N) is 2. The van der Waals surface area contributed by atoms with E-state index in [0.29, 0.717) is 0 Å². The van der Waals surface area contributed by atoms with E-state index in [-0.39, 0.29) is 18.3 Å². The Kier molecular flexibility index (Phi) is 7.52. The van der Waals surface area contributed by atoms with E-state index in [0.717, 1.165) is 5.46 Å². The van der Waals surface area contributed by atoms with Gasteiger partial charge in [0.1, 0.15) is 0 Å². The minimum Gasteiger partial charge on any atom is -0.399 e. The number of aromatic nitrogens is 2. The predicted octanol–water partition coefficient (Wildman–Crippen LogP) is 3.16. The highest BCUT2D eigenvalue weighted by atomic mass is 16.7. The highest BCUT2D eigenvalue weighted by Gasteiger charge is 2.52. The van der Waals surface area contributed by atoms with Gasteiger partial charge >= 0.3 is 7.12 Å². The van der Waals surface area contributed by atoms with E-state index < -0.39 is 0 Å². The van der Waals surface area contributed by atoms with Gasteiger partial charge in [-0.15, -0.1) is 0 Å². The molecule has 1 aromatic rings. The van der Waals surface area contributed by atoms with Crippen LogP contribution in [0.2, 0.25) is 0 Å². The molecule has 0 atom stereocenters. The van der Waals surface area contributed by atoms with Gasteiger partial charge in [0, 0.05) is 24.9 Å². The lowest BCUT2D eigenvalue weighted by Crippen LogP contribution is -2.41. The maximum absolute atomic E-state index is 5.89. The molecule has 2 heterocycles. The second kappa shape index (κ2) is 7.84. The van der Waals surface area contributed by atoms with Crippen molar-refractivity contribution < 1.29 is 9.31 Å². The van der Waals surface area contributed by atoms with Crippen molar-refractivity contribution in [3.05, 3.63) is 12.4 Å². The molecule has 1 aliphatic heterocycles. The number of hydrogen-bond donors (Lipinski definition) is 0. The van der Waals surface area contributed by atoms with Crippen molar-refractivity contribution in [2.75, 3.05) is 0 Å². The highest BCUT2D eigenvalue weighted by Crippen LogP contribution is 2.36. The van der Waals surface area contributed by atoms with Gasteiger partial charge in [0.2, 0.25) is 0 Å². The predicted molar refractivity (Wildman–Crippen MR) is 86.2 cm³/mol. The lowest BCUT2D eigenvalue weighted by Gasteiger charge is -2.32. The molecule has 1 saturated heterocycles. The zero-order valence-electron chi connectivity index (χ0n) is 14.7. The van der Waals surface area contributed by atoms with E-state index >= 15 is 0 Å². The zero-order chi connectivity index (χ0) is 16.0. The molecular formula is C15H31BN2O2. The molecular weight excluding hydrogens is 251 g/mol. The fourth-order valence-electron chi connectivity index (χ4n) is 1.54. The maximum atomic E-state index is 5.89. The SMILES string of the molecule is CC.CCC.Cn1cc(B2OC(C)(C)C(C)(C)O2)cn1. The van der Waals surface area contributed by atoms with Gasteiger partial charge in [-0.3, -0.25) is 4.68 Å². The Bertz CT molecular complexity index is 373. The van der Waals surface area contributed by atoms with Gasteiger partial charge in [0.15, 0.2) is 0 Å². The van der Waals surface area contributed by atoms with Gasteiger partial charge in [-0.1, -0.05) is 34.1 Å². The van der Waals surface area contributed by atoms with Crippen LogP contribution in [-0.2, 0) is 16.4 Å². The Labute approximate surface area is 125 Å². The molecule has 0 spiro atoms. The molecule has 0 aliphatic carbocycles. The first-order chi connectivity index (χ1) is 9.23. The first kappa shape index (κ1) is 19.2. The number of rotatable bonds is 1. The molecule has 0 aromatic carbocycles. The molecule has 5 heteroatoms. The summed E-state index contributed by atoms with van der Waals surface area (Å²) in [7, 11) is 1.58. The summed E-state index contributed by atoms with van der Waals surface area (Å²) < 4.78 is 13.5. The summed E-state index contributed by atoms with van der Waals surface area (Å²) in [5, 5.41) is 4.11. The summed E-state index contributed by atoms with van der Waals surface area (Å²) >= 11 is 0. The summed E-state index contributed by atoms with van der Waals surface area (Å²) in [5.74, 6) is 0. The summed E-state index contributed by atoms with van der Waals surface area (Å²) in [6.07, 6.45) is 4.95. The quantitative estimate of drug-likeness (QED) is 0.742. The topological polar surface area (TPSA) is 36.3 Å². The van der Waals surface area contributed by atoms with Crippen LogP contribution in [0.15, 0.2) is 12.4 Å². The molecule has 0 bridgehead atoms. The van der Waals surface area contributed by atoms with E-state index in [9.17, 15) is 0 Å². The van der Waals surface area contributed by atoms with Gasteiger partial charge in [0.25, 0.3) is 0 Å². The molecule has 0 N–H and O–H groups in total. The monoisotopic (exact) mass is 282 g/mol.